The van der Waals surface area contributed by atoms with E-state index in [-0.39, 0.29) is 6.04 Å². The van der Waals surface area contributed by atoms with Gasteiger partial charge in [-0.15, -0.1) is 0 Å². The minimum Gasteiger partial charge on any atom is -0.496 e. The lowest BCUT2D eigenvalue weighted by Crippen LogP contribution is -2.12. The van der Waals surface area contributed by atoms with Crippen molar-refractivity contribution in [1.82, 2.24) is 15.5 Å². The molecule has 0 unspecified atom stereocenters. The van der Waals surface area contributed by atoms with Crippen LogP contribution in [0.2, 0.25) is 0 Å². The molecule has 0 spiro atoms. The molecule has 0 radical (unpaired) electrons. The van der Waals surface area contributed by atoms with E-state index >= 15 is 0 Å². The number of ether oxygens (including phenoxy) is 1. The lowest BCUT2D eigenvalue weighted by atomic mass is 10.1. The molecule has 0 bridgehead atoms. The maximum atomic E-state index is 5.34. The van der Waals surface area contributed by atoms with Gasteiger partial charge in [0.2, 0.25) is 11.7 Å². The Bertz CT molecular complexity index is 574. The van der Waals surface area contributed by atoms with E-state index in [1.54, 1.807) is 7.11 Å². The summed E-state index contributed by atoms with van der Waals surface area (Å²) in [4.78, 5) is 4.48. The minimum atomic E-state index is 0.209. The largest absolute Gasteiger partial charge is 0.496 e. The standard InChI is InChI=1S/C14H17N3O2/c1-9-8-10(5-6-12(9)18-2)13-16-14(19-17-13)11-4-3-7-15-11/h5-6,8,11,15H,3-4,7H2,1-2H3/t11-/m0/s1. The number of nitrogens with zero attached hydrogens (tertiary/aromatic N) is 2. The summed E-state index contributed by atoms with van der Waals surface area (Å²) in [6.07, 6.45) is 2.22. The molecule has 5 nitrogen and oxygen atoms in total. The lowest BCUT2D eigenvalue weighted by molar-refractivity contribution is 0.345. The van der Waals surface area contributed by atoms with Crippen LogP contribution in [0.25, 0.3) is 11.4 Å². The van der Waals surface area contributed by atoms with E-state index in [0.717, 1.165) is 36.3 Å². The van der Waals surface area contributed by atoms with Crippen LogP contribution in [0.1, 0.15) is 30.3 Å². The zero-order valence-electron chi connectivity index (χ0n) is 11.1. The van der Waals surface area contributed by atoms with Crippen LogP contribution in [-0.4, -0.2) is 23.8 Å². The zero-order valence-corrected chi connectivity index (χ0v) is 11.1. The van der Waals surface area contributed by atoms with Crippen molar-refractivity contribution >= 4 is 0 Å². The molecule has 1 aromatic heterocycles. The highest BCUT2D eigenvalue weighted by Crippen LogP contribution is 2.27. The zero-order chi connectivity index (χ0) is 13.2. The molecule has 0 aliphatic carbocycles. The smallest absolute Gasteiger partial charge is 0.244 e. The van der Waals surface area contributed by atoms with E-state index in [1.165, 1.54) is 0 Å². The van der Waals surface area contributed by atoms with Gasteiger partial charge >= 0.3 is 0 Å². The highest BCUT2D eigenvalue weighted by Gasteiger charge is 2.22. The van der Waals surface area contributed by atoms with Crippen molar-refractivity contribution in [3.05, 3.63) is 29.7 Å². The van der Waals surface area contributed by atoms with Crippen LogP contribution in [0, 0.1) is 6.92 Å². The fraction of sp³-hybridized carbons (Fsp3) is 0.429. The Labute approximate surface area is 112 Å². The fourth-order valence-corrected chi connectivity index (χ4v) is 2.41. The molecule has 2 heterocycles. The van der Waals surface area contributed by atoms with Gasteiger partial charge in [0.15, 0.2) is 0 Å². The first kappa shape index (κ1) is 12.2. The monoisotopic (exact) mass is 259 g/mol. The van der Waals surface area contributed by atoms with E-state index < -0.39 is 0 Å². The number of aryl methyl sites for hydroxylation is 1. The molecule has 0 saturated carbocycles. The third kappa shape index (κ3) is 2.33. The number of nitrogens with one attached hydrogen (secondary N) is 1. The van der Waals surface area contributed by atoms with Crippen LogP contribution < -0.4 is 10.1 Å². The number of hydrogen-bond acceptors (Lipinski definition) is 5. The Morgan fingerprint density at radius 2 is 2.32 bits per heavy atom. The van der Waals surface area contributed by atoms with E-state index in [2.05, 4.69) is 15.5 Å². The number of hydrogen-bond donors (Lipinski definition) is 1. The molecular weight excluding hydrogens is 242 g/mol. The molecule has 2 aromatic rings. The van der Waals surface area contributed by atoms with Crippen molar-refractivity contribution < 1.29 is 9.26 Å². The Hall–Kier alpha value is -1.88. The van der Waals surface area contributed by atoms with Crippen molar-refractivity contribution in [3.63, 3.8) is 0 Å². The van der Waals surface area contributed by atoms with Crippen LogP contribution in [0.3, 0.4) is 0 Å². The second kappa shape index (κ2) is 5.01. The Balaban J connectivity index is 1.87. The summed E-state index contributed by atoms with van der Waals surface area (Å²) in [6, 6.07) is 6.09. The fourth-order valence-electron chi connectivity index (χ4n) is 2.41. The maximum Gasteiger partial charge on any atom is 0.244 e. The van der Waals surface area contributed by atoms with E-state index in [4.69, 9.17) is 9.26 Å². The van der Waals surface area contributed by atoms with Gasteiger partial charge < -0.3 is 14.6 Å². The summed E-state index contributed by atoms with van der Waals surface area (Å²) >= 11 is 0. The number of methoxy groups -OCH3 is 1. The van der Waals surface area contributed by atoms with Gasteiger partial charge in [0.25, 0.3) is 0 Å². The topological polar surface area (TPSA) is 60.2 Å². The molecule has 0 amide bonds. The predicted molar refractivity (Wildman–Crippen MR) is 71.0 cm³/mol. The number of rotatable bonds is 3. The Morgan fingerprint density at radius 3 is 3.00 bits per heavy atom. The van der Waals surface area contributed by atoms with Crippen molar-refractivity contribution in [2.75, 3.05) is 13.7 Å². The van der Waals surface area contributed by atoms with Crippen molar-refractivity contribution in [2.24, 2.45) is 0 Å². The Kier molecular flexibility index (Phi) is 3.21. The van der Waals surface area contributed by atoms with E-state index in [9.17, 15) is 0 Å². The normalized spacial score (nSPS) is 18.7. The third-order valence-electron chi connectivity index (χ3n) is 3.45. The van der Waals surface area contributed by atoms with Crippen molar-refractivity contribution in [2.45, 2.75) is 25.8 Å². The van der Waals surface area contributed by atoms with Crippen molar-refractivity contribution in [1.29, 1.82) is 0 Å². The first-order chi connectivity index (χ1) is 9.28. The summed E-state index contributed by atoms with van der Waals surface area (Å²) in [6.45, 7) is 3.02. The molecule has 1 N–H and O–H groups in total. The highest BCUT2D eigenvalue weighted by molar-refractivity contribution is 5.58. The molecule has 1 aliphatic rings. The predicted octanol–water partition coefficient (Wildman–Crippen LogP) is 2.48. The van der Waals surface area contributed by atoms with Gasteiger partial charge in [-0.2, -0.15) is 4.98 Å². The molecule has 5 heteroatoms. The molecular formula is C14H17N3O2. The van der Waals surface area contributed by atoms with Gasteiger partial charge in [-0.25, -0.2) is 0 Å². The van der Waals surface area contributed by atoms with Gasteiger partial charge in [0, 0.05) is 5.56 Å². The second-order valence-corrected chi connectivity index (χ2v) is 4.79. The van der Waals surface area contributed by atoms with E-state index in [0.29, 0.717) is 11.7 Å². The molecule has 19 heavy (non-hydrogen) atoms. The molecule has 1 aromatic carbocycles. The number of benzene rings is 1. The molecule has 1 saturated heterocycles. The van der Waals surface area contributed by atoms with Crippen LogP contribution >= 0.6 is 0 Å². The first-order valence-electron chi connectivity index (χ1n) is 6.50. The van der Waals surface area contributed by atoms with Crippen LogP contribution in [0.4, 0.5) is 0 Å². The first-order valence-corrected chi connectivity index (χ1v) is 6.50. The summed E-state index contributed by atoms with van der Waals surface area (Å²) < 4.78 is 10.6. The molecule has 1 atom stereocenters. The van der Waals surface area contributed by atoms with Crippen LogP contribution in [0.5, 0.6) is 5.75 Å². The van der Waals surface area contributed by atoms with Gasteiger partial charge in [-0.1, -0.05) is 5.16 Å². The maximum absolute atomic E-state index is 5.34. The van der Waals surface area contributed by atoms with Gasteiger partial charge in [-0.05, 0) is 50.1 Å². The molecule has 1 fully saturated rings. The lowest BCUT2D eigenvalue weighted by Gasteiger charge is -2.04. The SMILES string of the molecule is COc1ccc(-c2noc([C@@H]3CCCN3)n2)cc1C. The van der Waals surface area contributed by atoms with E-state index in [1.807, 2.05) is 25.1 Å². The second-order valence-electron chi connectivity index (χ2n) is 4.79. The van der Waals surface area contributed by atoms with Gasteiger partial charge in [0.05, 0.1) is 13.2 Å². The minimum absolute atomic E-state index is 0.209. The van der Waals surface area contributed by atoms with Gasteiger partial charge in [0.1, 0.15) is 5.75 Å². The summed E-state index contributed by atoms with van der Waals surface area (Å²) in [5, 5.41) is 7.41. The van der Waals surface area contributed by atoms with Crippen LogP contribution in [-0.2, 0) is 0 Å². The summed E-state index contributed by atoms with van der Waals surface area (Å²) in [5.74, 6) is 2.18. The molecule has 3 rings (SSSR count). The number of aromatic nitrogens is 2. The average Bonchev–Trinajstić information content (AvgIpc) is 3.09. The molecule has 100 valence electrons. The summed E-state index contributed by atoms with van der Waals surface area (Å²) in [5.41, 5.74) is 2.01. The quantitative estimate of drug-likeness (QED) is 0.917. The van der Waals surface area contributed by atoms with Crippen molar-refractivity contribution in [3.8, 4) is 17.1 Å². The highest BCUT2D eigenvalue weighted by atomic mass is 16.5. The van der Waals surface area contributed by atoms with Crippen LogP contribution in [0.15, 0.2) is 22.7 Å². The average molecular weight is 259 g/mol. The Morgan fingerprint density at radius 1 is 1.42 bits per heavy atom. The third-order valence-corrected chi connectivity index (χ3v) is 3.45. The molecule has 1 aliphatic heterocycles. The summed E-state index contributed by atoms with van der Waals surface area (Å²) in [7, 11) is 1.67. The van der Waals surface area contributed by atoms with Gasteiger partial charge in [-0.3, -0.25) is 0 Å².